The second-order valence-electron chi connectivity index (χ2n) is 1.97. The van der Waals surface area contributed by atoms with E-state index in [0.29, 0.717) is 0 Å². The van der Waals surface area contributed by atoms with Crippen LogP contribution in [-0.4, -0.2) is 6.04 Å². The summed E-state index contributed by atoms with van der Waals surface area (Å²) in [5, 5.41) is 0. The monoisotopic (exact) mass is 183 g/mol. The summed E-state index contributed by atoms with van der Waals surface area (Å²) in [6.07, 6.45) is 4.17. The van der Waals surface area contributed by atoms with Gasteiger partial charge < -0.3 is 5.73 Å². The Morgan fingerprint density at radius 1 is 1.23 bits per heavy atom. The number of nitrogens with two attached hydrogens (primary N) is 1. The fourth-order valence-electron chi connectivity index (χ4n) is 0.469. The quantitative estimate of drug-likeness (QED) is 0.522. The molecular formula is C12H25N. The molecule has 0 aromatic carbocycles. The van der Waals surface area contributed by atoms with Crippen LogP contribution in [0.4, 0.5) is 0 Å². The Labute approximate surface area is 84.0 Å². The number of allylic oxidation sites excluding steroid dienone is 1. The Hall–Kier alpha value is -0.820. The number of hydrogen-bond donors (Lipinski definition) is 1. The summed E-state index contributed by atoms with van der Waals surface area (Å²) in [7, 11) is 0. The summed E-state index contributed by atoms with van der Waals surface area (Å²) < 4.78 is 0. The zero-order chi connectivity index (χ0) is 11.3. The van der Waals surface area contributed by atoms with Crippen molar-refractivity contribution >= 4 is 0 Å². The van der Waals surface area contributed by atoms with E-state index in [0.717, 1.165) is 12.0 Å². The highest BCUT2D eigenvalue weighted by Crippen LogP contribution is 2.01. The number of rotatable bonds is 4. The Morgan fingerprint density at radius 2 is 1.62 bits per heavy atom. The molecule has 1 nitrogen and oxygen atoms in total. The first-order valence-corrected chi connectivity index (χ1v) is 4.89. The molecule has 0 heterocycles. The predicted octanol–water partition coefficient (Wildman–Crippen LogP) is 3.68. The van der Waals surface area contributed by atoms with Crippen molar-refractivity contribution in [2.24, 2.45) is 5.73 Å². The van der Waals surface area contributed by atoms with Gasteiger partial charge >= 0.3 is 0 Å². The molecule has 0 aliphatic carbocycles. The van der Waals surface area contributed by atoms with E-state index in [1.54, 1.807) is 12.2 Å². The minimum atomic E-state index is 0.0236. The fourth-order valence-corrected chi connectivity index (χ4v) is 0.469. The zero-order valence-corrected chi connectivity index (χ0v) is 9.64. The Morgan fingerprint density at radius 3 is 1.85 bits per heavy atom. The molecule has 0 fully saturated rings. The Balaban J connectivity index is -0.000000218. The van der Waals surface area contributed by atoms with E-state index >= 15 is 0 Å². The molecule has 0 spiro atoms. The second-order valence-corrected chi connectivity index (χ2v) is 1.97. The highest BCUT2D eigenvalue weighted by atomic mass is 14.6. The molecule has 0 aliphatic heterocycles. The van der Waals surface area contributed by atoms with E-state index in [-0.39, 0.29) is 6.04 Å². The first-order chi connectivity index (χ1) is 6.20. The highest BCUT2D eigenvalue weighted by molar-refractivity contribution is 5.13. The molecule has 0 aliphatic rings. The molecule has 0 rings (SSSR count). The van der Waals surface area contributed by atoms with Gasteiger partial charge in [-0.05, 0) is 6.42 Å². The summed E-state index contributed by atoms with van der Waals surface area (Å²) >= 11 is 0. The fraction of sp³-hybridized carbons (Fsp3) is 0.500. The molecule has 78 valence electrons. The van der Waals surface area contributed by atoms with E-state index in [1.807, 2.05) is 27.7 Å². The largest absolute Gasteiger partial charge is 0.324 e. The van der Waals surface area contributed by atoms with Gasteiger partial charge in [0.05, 0.1) is 0 Å². The van der Waals surface area contributed by atoms with E-state index in [9.17, 15) is 0 Å². The van der Waals surface area contributed by atoms with Gasteiger partial charge in [0.25, 0.3) is 0 Å². The summed E-state index contributed by atoms with van der Waals surface area (Å²) in [4.78, 5) is 0. The lowest BCUT2D eigenvalue weighted by Crippen LogP contribution is -2.16. The third-order valence-corrected chi connectivity index (χ3v) is 1.09. The lowest BCUT2D eigenvalue weighted by molar-refractivity contribution is 0.818. The maximum atomic E-state index is 5.52. The molecule has 0 saturated carbocycles. The lowest BCUT2D eigenvalue weighted by atomic mass is 10.1. The molecule has 0 aromatic rings. The van der Waals surface area contributed by atoms with Crippen molar-refractivity contribution in [2.75, 3.05) is 0 Å². The highest BCUT2D eigenvalue weighted by Gasteiger charge is 1.94. The summed E-state index contributed by atoms with van der Waals surface area (Å²) in [5.74, 6) is 0. The van der Waals surface area contributed by atoms with Gasteiger partial charge in [0.1, 0.15) is 0 Å². The van der Waals surface area contributed by atoms with Crippen LogP contribution in [-0.2, 0) is 0 Å². The average Bonchev–Trinajstić information content (AvgIpc) is 2.23. The van der Waals surface area contributed by atoms with Crippen LogP contribution in [0.15, 0.2) is 37.5 Å². The maximum absolute atomic E-state index is 5.52. The van der Waals surface area contributed by atoms with Gasteiger partial charge in [-0.1, -0.05) is 58.6 Å². The molecule has 1 unspecified atom stereocenters. The van der Waals surface area contributed by atoms with Crippen LogP contribution in [0.5, 0.6) is 0 Å². The van der Waals surface area contributed by atoms with Gasteiger partial charge in [0.15, 0.2) is 0 Å². The van der Waals surface area contributed by atoms with E-state index in [2.05, 4.69) is 19.7 Å². The zero-order valence-electron chi connectivity index (χ0n) is 9.64. The van der Waals surface area contributed by atoms with Gasteiger partial charge in [-0.2, -0.15) is 0 Å². The van der Waals surface area contributed by atoms with Crippen LogP contribution in [0, 0.1) is 0 Å². The maximum Gasteiger partial charge on any atom is 0.0261 e. The SMILES string of the molecule is C=CC(=C)CC(N)C=C.CC.CC. The Bertz CT molecular complexity index is 125. The minimum Gasteiger partial charge on any atom is -0.324 e. The third kappa shape index (κ3) is 18.3. The molecule has 0 radical (unpaired) electrons. The first kappa shape index (κ1) is 18.1. The molecule has 0 aromatic heterocycles. The van der Waals surface area contributed by atoms with Crippen LogP contribution in [0.2, 0.25) is 0 Å². The molecule has 0 saturated heterocycles. The van der Waals surface area contributed by atoms with Crippen molar-refractivity contribution in [1.29, 1.82) is 0 Å². The van der Waals surface area contributed by atoms with Crippen molar-refractivity contribution < 1.29 is 0 Å². The van der Waals surface area contributed by atoms with Gasteiger partial charge in [-0.15, -0.1) is 6.58 Å². The minimum absolute atomic E-state index is 0.0236. The first-order valence-electron chi connectivity index (χ1n) is 4.89. The van der Waals surface area contributed by atoms with Crippen LogP contribution in [0.25, 0.3) is 0 Å². The van der Waals surface area contributed by atoms with E-state index < -0.39 is 0 Å². The van der Waals surface area contributed by atoms with Gasteiger partial charge in [0, 0.05) is 6.04 Å². The molecule has 1 heteroatoms. The van der Waals surface area contributed by atoms with Crippen molar-refractivity contribution in [3.8, 4) is 0 Å². The standard InChI is InChI=1S/C8H13N.2C2H6/c1-4-7(3)6-8(9)5-2;2*1-2/h4-5,8H,1-3,6,9H2;2*1-2H3. The van der Waals surface area contributed by atoms with Crippen LogP contribution < -0.4 is 5.73 Å². The van der Waals surface area contributed by atoms with E-state index in [4.69, 9.17) is 5.73 Å². The number of hydrogen-bond acceptors (Lipinski definition) is 1. The molecule has 13 heavy (non-hydrogen) atoms. The average molecular weight is 183 g/mol. The second kappa shape index (κ2) is 17.3. The molecule has 0 bridgehead atoms. The van der Waals surface area contributed by atoms with Crippen molar-refractivity contribution in [3.05, 3.63) is 37.5 Å². The van der Waals surface area contributed by atoms with Crippen LogP contribution in [0.1, 0.15) is 34.1 Å². The van der Waals surface area contributed by atoms with Crippen LogP contribution in [0.3, 0.4) is 0 Å². The lowest BCUT2D eigenvalue weighted by Gasteiger charge is -2.03. The summed E-state index contributed by atoms with van der Waals surface area (Å²) in [5.41, 5.74) is 6.48. The van der Waals surface area contributed by atoms with Crippen molar-refractivity contribution in [2.45, 2.75) is 40.2 Å². The van der Waals surface area contributed by atoms with Gasteiger partial charge in [-0.25, -0.2) is 0 Å². The van der Waals surface area contributed by atoms with Gasteiger partial charge in [-0.3, -0.25) is 0 Å². The van der Waals surface area contributed by atoms with Crippen molar-refractivity contribution in [3.63, 3.8) is 0 Å². The topological polar surface area (TPSA) is 26.0 Å². The van der Waals surface area contributed by atoms with Gasteiger partial charge in [0.2, 0.25) is 0 Å². The summed E-state index contributed by atoms with van der Waals surface area (Å²) in [6.45, 7) is 18.8. The third-order valence-electron chi connectivity index (χ3n) is 1.09. The smallest absolute Gasteiger partial charge is 0.0261 e. The molecule has 0 amide bonds. The normalized spacial score (nSPS) is 9.31. The molecule has 1 atom stereocenters. The van der Waals surface area contributed by atoms with Crippen LogP contribution >= 0.6 is 0 Å². The van der Waals surface area contributed by atoms with E-state index in [1.165, 1.54) is 0 Å². The molecular weight excluding hydrogens is 158 g/mol. The summed E-state index contributed by atoms with van der Waals surface area (Å²) in [6, 6.07) is 0.0236. The predicted molar refractivity (Wildman–Crippen MR) is 64.8 cm³/mol. The van der Waals surface area contributed by atoms with Crippen molar-refractivity contribution in [1.82, 2.24) is 0 Å². The molecule has 2 N–H and O–H groups in total. The Kier molecular flexibility index (Phi) is 24.1.